The molecule has 0 aromatic carbocycles. The predicted molar refractivity (Wildman–Crippen MR) is 116 cm³/mol. The van der Waals surface area contributed by atoms with Gasteiger partial charge in [0, 0.05) is 13.2 Å². The molecule has 0 atom stereocenters. The van der Waals surface area contributed by atoms with Crippen LogP contribution < -0.4 is 10.2 Å². The fourth-order valence-corrected chi connectivity index (χ4v) is 2.58. The number of hydrogen-bond acceptors (Lipinski definition) is 6. The number of carbonyl (C=O) groups is 2. The molecule has 1 N–H and O–H groups in total. The second-order valence-electron chi connectivity index (χ2n) is 8.67. The van der Waals surface area contributed by atoms with E-state index in [1.807, 2.05) is 19.9 Å². The van der Waals surface area contributed by atoms with Gasteiger partial charge in [-0.3, -0.25) is 10.2 Å². The van der Waals surface area contributed by atoms with Crippen molar-refractivity contribution in [2.75, 3.05) is 17.3 Å². The highest BCUT2D eigenvalue weighted by atomic mass is 16.6. The van der Waals surface area contributed by atoms with Crippen LogP contribution in [0.15, 0.2) is 30.5 Å². The molecule has 0 aliphatic rings. The van der Waals surface area contributed by atoms with Gasteiger partial charge in [0.15, 0.2) is 5.60 Å². The Morgan fingerprint density at radius 2 is 1.67 bits per heavy atom. The van der Waals surface area contributed by atoms with Crippen molar-refractivity contribution < 1.29 is 19.1 Å². The molecule has 162 valence electrons. The third kappa shape index (κ3) is 6.43. The summed E-state index contributed by atoms with van der Waals surface area (Å²) in [5, 5.41) is 2.63. The number of anilines is 2. The Morgan fingerprint density at radius 3 is 2.27 bits per heavy atom. The van der Waals surface area contributed by atoms with Crippen molar-refractivity contribution in [2.24, 2.45) is 0 Å². The molecule has 0 bridgehead atoms. The van der Waals surface area contributed by atoms with Crippen LogP contribution in [0, 0.1) is 13.8 Å². The quantitative estimate of drug-likeness (QED) is 0.761. The summed E-state index contributed by atoms with van der Waals surface area (Å²) in [5.41, 5.74) is 0.652. The second-order valence-corrected chi connectivity index (χ2v) is 8.67. The molecule has 0 unspecified atom stereocenters. The lowest BCUT2D eigenvalue weighted by molar-refractivity contribution is 0.0388. The van der Waals surface area contributed by atoms with Crippen molar-refractivity contribution in [3.8, 4) is 0 Å². The number of ether oxygens (including phenoxy) is 2. The van der Waals surface area contributed by atoms with Gasteiger partial charge in [-0.1, -0.05) is 0 Å². The molecule has 2 heterocycles. The van der Waals surface area contributed by atoms with E-state index in [-0.39, 0.29) is 0 Å². The van der Waals surface area contributed by atoms with Crippen molar-refractivity contribution in [1.82, 2.24) is 9.97 Å². The molecule has 2 amide bonds. The minimum absolute atomic E-state index is 0.317. The van der Waals surface area contributed by atoms with E-state index in [1.54, 1.807) is 66.1 Å². The molecule has 0 aliphatic heterocycles. The molecule has 2 aromatic heterocycles. The van der Waals surface area contributed by atoms with Gasteiger partial charge in [-0.05, 0) is 83.9 Å². The van der Waals surface area contributed by atoms with Gasteiger partial charge < -0.3 is 9.47 Å². The lowest BCUT2D eigenvalue weighted by Gasteiger charge is -2.28. The number of aryl methyl sites for hydroxylation is 2. The van der Waals surface area contributed by atoms with Crippen LogP contribution in [0.4, 0.5) is 21.2 Å². The lowest BCUT2D eigenvalue weighted by Crippen LogP contribution is -2.35. The average Bonchev–Trinajstić information content (AvgIpc) is 2.58. The molecule has 0 spiro atoms. The number of rotatable bonds is 4. The van der Waals surface area contributed by atoms with Crippen LogP contribution in [0.5, 0.6) is 0 Å². The molecule has 0 fully saturated rings. The van der Waals surface area contributed by atoms with Gasteiger partial charge in [0.05, 0.1) is 5.69 Å². The first-order chi connectivity index (χ1) is 13.8. The predicted octanol–water partition coefficient (Wildman–Crippen LogP) is 4.95. The zero-order chi connectivity index (χ0) is 22.7. The van der Waals surface area contributed by atoms with Crippen LogP contribution in [-0.4, -0.2) is 34.8 Å². The largest absolute Gasteiger partial charge is 0.444 e. The SMILES string of the molecule is Cc1ccnc(N(C)C(=O)OC(C)(C)c2cc(C)cc(NC(=O)OC(C)(C)C)n2)c1. The summed E-state index contributed by atoms with van der Waals surface area (Å²) < 4.78 is 11.0. The molecule has 0 aliphatic carbocycles. The molecule has 2 aromatic rings. The zero-order valence-corrected chi connectivity index (χ0v) is 18.9. The third-order valence-corrected chi connectivity index (χ3v) is 4.08. The minimum Gasteiger partial charge on any atom is -0.444 e. The summed E-state index contributed by atoms with van der Waals surface area (Å²) >= 11 is 0. The highest BCUT2D eigenvalue weighted by molar-refractivity contribution is 5.86. The van der Waals surface area contributed by atoms with E-state index in [2.05, 4.69) is 15.3 Å². The van der Waals surface area contributed by atoms with Crippen LogP contribution in [0.1, 0.15) is 51.4 Å². The first kappa shape index (κ1) is 23.1. The Labute approximate surface area is 177 Å². The number of pyridine rings is 2. The van der Waals surface area contributed by atoms with Crippen molar-refractivity contribution in [2.45, 2.75) is 59.7 Å². The number of carbonyl (C=O) groups excluding carboxylic acids is 2. The molecule has 0 saturated heterocycles. The van der Waals surface area contributed by atoms with Crippen LogP contribution in [0.2, 0.25) is 0 Å². The van der Waals surface area contributed by atoms with Crippen molar-refractivity contribution in [1.29, 1.82) is 0 Å². The van der Waals surface area contributed by atoms with E-state index < -0.39 is 23.4 Å². The Morgan fingerprint density at radius 1 is 1.00 bits per heavy atom. The summed E-state index contributed by atoms with van der Waals surface area (Å²) in [6, 6.07) is 7.16. The monoisotopic (exact) mass is 414 g/mol. The highest BCUT2D eigenvalue weighted by Gasteiger charge is 2.30. The Bertz CT molecular complexity index is 935. The molecule has 8 nitrogen and oxygen atoms in total. The van der Waals surface area contributed by atoms with E-state index >= 15 is 0 Å². The average molecular weight is 415 g/mol. The first-order valence-electron chi connectivity index (χ1n) is 9.65. The van der Waals surface area contributed by atoms with Gasteiger partial charge in [-0.15, -0.1) is 0 Å². The normalized spacial score (nSPS) is 11.6. The minimum atomic E-state index is -1.05. The van der Waals surface area contributed by atoms with Crippen LogP contribution in [-0.2, 0) is 15.1 Å². The van der Waals surface area contributed by atoms with Gasteiger partial charge >= 0.3 is 12.2 Å². The Balaban J connectivity index is 2.19. The molecule has 8 heteroatoms. The van der Waals surface area contributed by atoms with Crippen molar-refractivity contribution >= 4 is 23.8 Å². The fourth-order valence-electron chi connectivity index (χ4n) is 2.58. The Hall–Kier alpha value is -3.16. The van der Waals surface area contributed by atoms with Crippen LogP contribution in [0.25, 0.3) is 0 Å². The summed E-state index contributed by atoms with van der Waals surface area (Å²) in [5.74, 6) is 0.803. The maximum atomic E-state index is 12.7. The second kappa shape index (κ2) is 8.69. The zero-order valence-electron chi connectivity index (χ0n) is 18.9. The molecular weight excluding hydrogens is 384 g/mol. The molecule has 0 saturated carbocycles. The summed E-state index contributed by atoms with van der Waals surface area (Å²) in [7, 11) is 1.60. The van der Waals surface area contributed by atoms with Gasteiger partial charge in [0.1, 0.15) is 17.2 Å². The highest BCUT2D eigenvalue weighted by Crippen LogP contribution is 2.27. The molecule has 2 rings (SSSR count). The Kier molecular flexibility index (Phi) is 6.70. The number of nitrogens with zero attached hydrogens (tertiary/aromatic N) is 3. The van der Waals surface area contributed by atoms with Crippen LogP contribution in [0.3, 0.4) is 0 Å². The van der Waals surface area contributed by atoms with Crippen LogP contribution >= 0.6 is 0 Å². The third-order valence-electron chi connectivity index (χ3n) is 4.08. The lowest BCUT2D eigenvalue weighted by atomic mass is 10.0. The van der Waals surface area contributed by atoms with E-state index in [4.69, 9.17) is 9.47 Å². The van der Waals surface area contributed by atoms with E-state index in [9.17, 15) is 9.59 Å². The number of aromatic nitrogens is 2. The van der Waals surface area contributed by atoms with E-state index in [0.29, 0.717) is 17.3 Å². The van der Waals surface area contributed by atoms with Gasteiger partial charge in [0.25, 0.3) is 0 Å². The van der Waals surface area contributed by atoms with E-state index in [1.165, 1.54) is 4.90 Å². The topological polar surface area (TPSA) is 93.7 Å². The number of amides is 2. The maximum absolute atomic E-state index is 12.7. The van der Waals surface area contributed by atoms with Gasteiger partial charge in [0.2, 0.25) is 0 Å². The molecular formula is C22H30N4O4. The number of nitrogens with one attached hydrogen (secondary N) is 1. The first-order valence-corrected chi connectivity index (χ1v) is 9.65. The molecule has 0 radical (unpaired) electrons. The fraction of sp³-hybridized carbons (Fsp3) is 0.455. The smallest absolute Gasteiger partial charge is 0.416 e. The van der Waals surface area contributed by atoms with Gasteiger partial charge in [-0.2, -0.15) is 0 Å². The standard InChI is InChI=1S/C22H30N4O4/c1-14-9-10-23-18(13-14)26(8)20(28)30-22(6,7)16-11-15(2)12-17(24-16)25-19(27)29-21(3,4)5/h9-13H,1-8H3,(H,24,25,27). The molecule has 30 heavy (non-hydrogen) atoms. The number of hydrogen-bond donors (Lipinski definition) is 1. The summed E-state index contributed by atoms with van der Waals surface area (Å²) in [6.07, 6.45) is 0.464. The van der Waals surface area contributed by atoms with E-state index in [0.717, 1.165) is 11.1 Å². The van der Waals surface area contributed by atoms with Gasteiger partial charge in [-0.25, -0.2) is 19.6 Å². The maximum Gasteiger partial charge on any atom is 0.416 e. The summed E-state index contributed by atoms with van der Waals surface area (Å²) in [4.78, 5) is 34.8. The summed E-state index contributed by atoms with van der Waals surface area (Å²) in [6.45, 7) is 12.6. The van der Waals surface area contributed by atoms with Crippen molar-refractivity contribution in [3.05, 3.63) is 47.3 Å². The van der Waals surface area contributed by atoms with Crippen molar-refractivity contribution in [3.63, 3.8) is 0 Å².